The van der Waals surface area contributed by atoms with E-state index in [2.05, 4.69) is 5.32 Å². The Hall–Kier alpha value is -1.39. The summed E-state index contributed by atoms with van der Waals surface area (Å²) in [6.07, 6.45) is 3.69. The second-order valence-corrected chi connectivity index (χ2v) is 5.30. The quantitative estimate of drug-likeness (QED) is 0.766. The second-order valence-electron chi connectivity index (χ2n) is 5.30. The first kappa shape index (κ1) is 14.0. The smallest absolute Gasteiger partial charge is 0.223 e. The van der Waals surface area contributed by atoms with Crippen LogP contribution in [0, 0.1) is 5.92 Å². The predicted molar refractivity (Wildman–Crippen MR) is 74.1 cm³/mol. The van der Waals surface area contributed by atoms with Gasteiger partial charge in [-0.1, -0.05) is 24.3 Å². The van der Waals surface area contributed by atoms with Crippen LogP contribution in [0.5, 0.6) is 0 Å². The van der Waals surface area contributed by atoms with Gasteiger partial charge < -0.3 is 16.2 Å². The molecule has 104 valence electrons. The molecule has 0 radical (unpaired) electrons. The Morgan fingerprint density at radius 1 is 1.16 bits per heavy atom. The minimum Gasteiger partial charge on any atom is -0.392 e. The highest BCUT2D eigenvalue weighted by Gasteiger charge is 2.24. The van der Waals surface area contributed by atoms with Crippen molar-refractivity contribution in [1.29, 1.82) is 0 Å². The molecular formula is C15H22N2O2. The molecule has 0 atom stereocenters. The van der Waals surface area contributed by atoms with Crippen molar-refractivity contribution in [2.24, 2.45) is 11.7 Å². The van der Waals surface area contributed by atoms with Crippen molar-refractivity contribution in [2.45, 2.75) is 44.9 Å². The first-order valence-corrected chi connectivity index (χ1v) is 6.91. The van der Waals surface area contributed by atoms with E-state index in [-0.39, 0.29) is 24.5 Å². The molecule has 2 rings (SSSR count). The summed E-state index contributed by atoms with van der Waals surface area (Å²) in [5, 5.41) is 11.9. The molecule has 1 fully saturated rings. The van der Waals surface area contributed by atoms with Gasteiger partial charge in [-0.15, -0.1) is 0 Å². The van der Waals surface area contributed by atoms with Crippen LogP contribution in [0.4, 0.5) is 0 Å². The predicted octanol–water partition coefficient (Wildman–Crippen LogP) is 1.31. The zero-order valence-corrected chi connectivity index (χ0v) is 11.1. The van der Waals surface area contributed by atoms with Crippen molar-refractivity contribution in [3.05, 3.63) is 35.4 Å². The van der Waals surface area contributed by atoms with Gasteiger partial charge >= 0.3 is 0 Å². The molecular weight excluding hydrogens is 240 g/mol. The Balaban J connectivity index is 1.79. The molecule has 4 heteroatoms. The SMILES string of the molecule is NC1CCC(C(=O)NCc2ccc(CO)cc2)CC1. The molecule has 1 aromatic rings. The van der Waals surface area contributed by atoms with Gasteiger partial charge in [-0.25, -0.2) is 0 Å². The van der Waals surface area contributed by atoms with E-state index in [1.807, 2.05) is 24.3 Å². The van der Waals surface area contributed by atoms with Crippen LogP contribution in [-0.2, 0) is 17.9 Å². The molecule has 0 unspecified atom stereocenters. The van der Waals surface area contributed by atoms with Gasteiger partial charge in [0.2, 0.25) is 5.91 Å². The van der Waals surface area contributed by atoms with Crippen LogP contribution in [0.25, 0.3) is 0 Å². The average Bonchev–Trinajstić information content (AvgIpc) is 2.46. The first-order chi connectivity index (χ1) is 9.19. The Bertz CT molecular complexity index is 409. The van der Waals surface area contributed by atoms with Gasteiger partial charge in [-0.3, -0.25) is 4.79 Å². The summed E-state index contributed by atoms with van der Waals surface area (Å²) in [5.41, 5.74) is 7.78. The molecule has 4 N–H and O–H groups in total. The molecule has 1 aromatic carbocycles. The molecule has 0 heterocycles. The molecule has 4 nitrogen and oxygen atoms in total. The fourth-order valence-electron chi connectivity index (χ4n) is 2.48. The monoisotopic (exact) mass is 262 g/mol. The van der Waals surface area contributed by atoms with E-state index in [0.29, 0.717) is 6.54 Å². The fourth-order valence-corrected chi connectivity index (χ4v) is 2.48. The Morgan fingerprint density at radius 2 is 1.74 bits per heavy atom. The van der Waals surface area contributed by atoms with Gasteiger partial charge in [0.05, 0.1) is 6.61 Å². The van der Waals surface area contributed by atoms with Crippen LogP contribution >= 0.6 is 0 Å². The second kappa shape index (κ2) is 6.68. The summed E-state index contributed by atoms with van der Waals surface area (Å²) >= 11 is 0. The highest BCUT2D eigenvalue weighted by Crippen LogP contribution is 2.23. The van der Waals surface area contributed by atoms with E-state index in [0.717, 1.165) is 36.8 Å². The molecule has 0 saturated heterocycles. The lowest BCUT2D eigenvalue weighted by atomic mass is 9.86. The zero-order valence-electron chi connectivity index (χ0n) is 11.1. The Morgan fingerprint density at radius 3 is 2.32 bits per heavy atom. The number of benzene rings is 1. The lowest BCUT2D eigenvalue weighted by Gasteiger charge is -2.25. The van der Waals surface area contributed by atoms with Crippen LogP contribution in [0.1, 0.15) is 36.8 Å². The van der Waals surface area contributed by atoms with Crippen molar-refractivity contribution in [3.8, 4) is 0 Å². The summed E-state index contributed by atoms with van der Waals surface area (Å²) in [6, 6.07) is 7.89. The topological polar surface area (TPSA) is 75.4 Å². The molecule has 1 aliphatic carbocycles. The Kier molecular flexibility index (Phi) is 4.93. The minimum absolute atomic E-state index is 0.0506. The van der Waals surface area contributed by atoms with E-state index in [1.54, 1.807) is 0 Å². The number of hydrogen-bond acceptors (Lipinski definition) is 3. The van der Waals surface area contributed by atoms with Crippen molar-refractivity contribution < 1.29 is 9.90 Å². The van der Waals surface area contributed by atoms with Gasteiger partial charge in [0.25, 0.3) is 0 Å². The van der Waals surface area contributed by atoms with Crippen LogP contribution in [-0.4, -0.2) is 17.1 Å². The molecule has 0 bridgehead atoms. The summed E-state index contributed by atoms with van der Waals surface area (Å²) < 4.78 is 0. The van der Waals surface area contributed by atoms with Crippen molar-refractivity contribution >= 4 is 5.91 Å². The van der Waals surface area contributed by atoms with E-state index < -0.39 is 0 Å². The lowest BCUT2D eigenvalue weighted by Crippen LogP contribution is -2.35. The first-order valence-electron chi connectivity index (χ1n) is 6.91. The number of nitrogens with one attached hydrogen (secondary N) is 1. The zero-order chi connectivity index (χ0) is 13.7. The summed E-state index contributed by atoms with van der Waals surface area (Å²) in [7, 11) is 0. The molecule has 1 saturated carbocycles. The van der Waals surface area contributed by atoms with Gasteiger partial charge in [0, 0.05) is 18.5 Å². The number of rotatable bonds is 4. The normalized spacial score (nSPS) is 23.1. The van der Waals surface area contributed by atoms with E-state index >= 15 is 0 Å². The van der Waals surface area contributed by atoms with E-state index in [1.165, 1.54) is 0 Å². The van der Waals surface area contributed by atoms with E-state index in [9.17, 15) is 4.79 Å². The molecule has 0 aliphatic heterocycles. The molecule has 0 aromatic heterocycles. The van der Waals surface area contributed by atoms with Crippen LogP contribution in [0.3, 0.4) is 0 Å². The minimum atomic E-state index is 0.0506. The highest BCUT2D eigenvalue weighted by atomic mass is 16.3. The molecule has 19 heavy (non-hydrogen) atoms. The third-order valence-corrected chi connectivity index (χ3v) is 3.81. The van der Waals surface area contributed by atoms with Crippen molar-refractivity contribution in [1.82, 2.24) is 5.32 Å². The highest BCUT2D eigenvalue weighted by molar-refractivity contribution is 5.78. The number of aliphatic hydroxyl groups is 1. The molecule has 1 aliphatic rings. The van der Waals surface area contributed by atoms with Crippen LogP contribution in [0.15, 0.2) is 24.3 Å². The largest absolute Gasteiger partial charge is 0.392 e. The summed E-state index contributed by atoms with van der Waals surface area (Å²) in [6.45, 7) is 0.599. The third-order valence-electron chi connectivity index (χ3n) is 3.81. The number of carbonyl (C=O) groups excluding carboxylic acids is 1. The Labute approximate surface area is 114 Å². The maximum Gasteiger partial charge on any atom is 0.223 e. The number of carbonyl (C=O) groups is 1. The summed E-state index contributed by atoms with van der Waals surface area (Å²) in [5.74, 6) is 0.259. The fraction of sp³-hybridized carbons (Fsp3) is 0.533. The van der Waals surface area contributed by atoms with Crippen LogP contribution in [0.2, 0.25) is 0 Å². The summed E-state index contributed by atoms with van der Waals surface area (Å²) in [4.78, 5) is 12.0. The number of hydrogen-bond donors (Lipinski definition) is 3. The van der Waals surface area contributed by atoms with Crippen molar-refractivity contribution in [2.75, 3.05) is 0 Å². The third kappa shape index (κ3) is 4.04. The maximum absolute atomic E-state index is 12.0. The van der Waals surface area contributed by atoms with Gasteiger partial charge in [0.15, 0.2) is 0 Å². The lowest BCUT2D eigenvalue weighted by molar-refractivity contribution is -0.126. The standard InChI is InChI=1S/C15H22N2O2/c16-14-7-5-13(6-8-14)15(19)17-9-11-1-3-12(10-18)4-2-11/h1-4,13-14,18H,5-10,16H2,(H,17,19). The van der Waals surface area contributed by atoms with Gasteiger partial charge in [-0.05, 0) is 36.8 Å². The maximum atomic E-state index is 12.0. The average molecular weight is 262 g/mol. The van der Waals surface area contributed by atoms with Crippen LogP contribution < -0.4 is 11.1 Å². The van der Waals surface area contributed by atoms with Gasteiger partial charge in [-0.2, -0.15) is 0 Å². The number of aliphatic hydroxyl groups excluding tert-OH is 1. The number of nitrogens with two attached hydrogens (primary N) is 1. The van der Waals surface area contributed by atoms with Gasteiger partial charge in [0.1, 0.15) is 0 Å². The number of amides is 1. The molecule has 0 spiro atoms. The molecule has 1 amide bonds. The van der Waals surface area contributed by atoms with Crippen molar-refractivity contribution in [3.63, 3.8) is 0 Å². The van der Waals surface area contributed by atoms with E-state index in [4.69, 9.17) is 10.8 Å².